The number of likely N-dealkylation sites (N-methyl/N-ethyl adjacent to an activating group) is 1. The molecule has 0 saturated carbocycles. The van der Waals surface area contributed by atoms with Crippen LogP contribution < -0.4 is 20.8 Å². The number of hydrogen-bond acceptors (Lipinski definition) is 8. The van der Waals surface area contributed by atoms with Gasteiger partial charge in [0.05, 0.1) is 24.4 Å². The average Bonchev–Trinajstić information content (AvgIpc) is 3.65. The van der Waals surface area contributed by atoms with Gasteiger partial charge < -0.3 is 25.0 Å². The number of hydrazine groups is 1. The molecule has 1 aromatic heterocycles. The highest BCUT2D eigenvalue weighted by Crippen LogP contribution is 2.45. The summed E-state index contributed by atoms with van der Waals surface area (Å²) in [5.41, 5.74) is 10.1. The van der Waals surface area contributed by atoms with Gasteiger partial charge in [-0.25, -0.2) is 15.2 Å². The number of nitrogens with one attached hydrogen (secondary N) is 3. The first-order chi connectivity index (χ1) is 27.1. The number of carbonyl (C=O) groups is 3. The molecule has 3 aromatic rings. The van der Waals surface area contributed by atoms with Gasteiger partial charge in [0.25, 0.3) is 11.8 Å². The third-order valence-corrected chi connectivity index (χ3v) is 11.5. The first kappa shape index (κ1) is 42.6. The summed E-state index contributed by atoms with van der Waals surface area (Å²) in [5, 5.41) is 8.08. The molecule has 4 amide bonds. The Hall–Kier alpha value is -4.49. The van der Waals surface area contributed by atoms with Crippen LogP contribution in [0.15, 0.2) is 54.1 Å². The number of halogens is 1. The van der Waals surface area contributed by atoms with Gasteiger partial charge in [-0.15, -0.1) is 0 Å². The molecule has 13 heteroatoms. The lowest BCUT2D eigenvalue weighted by atomic mass is 9.87. The number of hydrogen-bond donors (Lipinski definition) is 3. The van der Waals surface area contributed by atoms with Crippen molar-refractivity contribution in [2.45, 2.75) is 77.8 Å². The summed E-state index contributed by atoms with van der Waals surface area (Å²) in [4.78, 5) is 47.9. The molecule has 1 saturated heterocycles. The summed E-state index contributed by atoms with van der Waals surface area (Å²) in [6.07, 6.45) is 6.02. The Morgan fingerprint density at radius 1 is 1.11 bits per heavy atom. The van der Waals surface area contributed by atoms with Crippen LogP contribution in [0.2, 0.25) is 5.02 Å². The number of anilines is 1. The van der Waals surface area contributed by atoms with E-state index in [1.807, 2.05) is 55.1 Å². The van der Waals surface area contributed by atoms with Crippen LogP contribution in [-0.2, 0) is 20.7 Å². The molecular formula is C43H58ClN7O5. The number of pyridine rings is 1. The number of aromatic nitrogens is 1. The van der Waals surface area contributed by atoms with Crippen LogP contribution in [0, 0.1) is 0 Å². The van der Waals surface area contributed by atoms with Crippen LogP contribution in [0.4, 0.5) is 10.5 Å². The van der Waals surface area contributed by atoms with Crippen molar-refractivity contribution >= 4 is 35.1 Å². The van der Waals surface area contributed by atoms with Crippen LogP contribution in [0.25, 0.3) is 22.4 Å². The van der Waals surface area contributed by atoms with Crippen LogP contribution in [0.5, 0.6) is 5.88 Å². The molecule has 2 aromatic carbocycles. The van der Waals surface area contributed by atoms with E-state index in [4.69, 9.17) is 26.1 Å². The second kappa shape index (κ2) is 19.6. The van der Waals surface area contributed by atoms with E-state index < -0.39 is 5.91 Å². The number of ether oxygens (including phenoxy) is 2. The SMILES string of the molecule is CC.CCC(C)c1c(NC(=O)C2=CCNN(C)C2=O)cccc1-c1cccc(-c2cc3c(c(OC)n2)C(N(C)CCC2CCN(CCOC)C(=O)N2)CC3)c1Cl. The highest BCUT2D eigenvalue weighted by atomic mass is 35.5. The Morgan fingerprint density at radius 2 is 1.84 bits per heavy atom. The van der Waals surface area contributed by atoms with Crippen LogP contribution in [-0.4, -0.2) is 105 Å². The molecule has 0 bridgehead atoms. The molecule has 3 unspecified atom stereocenters. The molecule has 0 radical (unpaired) electrons. The molecule has 3 N–H and O–H groups in total. The number of benzene rings is 2. The van der Waals surface area contributed by atoms with Gasteiger partial charge in [0.1, 0.15) is 5.57 Å². The molecule has 3 atom stereocenters. The van der Waals surface area contributed by atoms with Crippen molar-refractivity contribution in [2.24, 2.45) is 0 Å². The molecule has 1 fully saturated rings. The fraction of sp³-hybridized carbons (Fsp3) is 0.488. The average molecular weight is 788 g/mol. The lowest BCUT2D eigenvalue weighted by Crippen LogP contribution is -2.53. The predicted molar refractivity (Wildman–Crippen MR) is 223 cm³/mol. The number of urea groups is 1. The highest BCUT2D eigenvalue weighted by Gasteiger charge is 2.33. The van der Waals surface area contributed by atoms with E-state index in [-0.39, 0.29) is 35.5 Å². The first-order valence-corrected chi connectivity index (χ1v) is 20.2. The molecule has 12 nitrogen and oxygen atoms in total. The maximum Gasteiger partial charge on any atom is 0.317 e. The number of fused-ring (bicyclic) bond motifs is 1. The zero-order chi connectivity index (χ0) is 40.5. The Balaban J connectivity index is 0.00000295. The molecule has 56 heavy (non-hydrogen) atoms. The summed E-state index contributed by atoms with van der Waals surface area (Å²) in [5.74, 6) is -0.158. The minimum atomic E-state index is -0.445. The molecule has 3 heterocycles. The Labute approximate surface area is 336 Å². The summed E-state index contributed by atoms with van der Waals surface area (Å²) in [6.45, 7) is 11.3. The van der Waals surface area contributed by atoms with Crippen molar-refractivity contribution in [1.29, 1.82) is 0 Å². The summed E-state index contributed by atoms with van der Waals surface area (Å²) in [6, 6.07) is 14.1. The molecule has 6 rings (SSSR count). The van der Waals surface area contributed by atoms with Crippen molar-refractivity contribution in [1.82, 2.24) is 30.5 Å². The number of methoxy groups -OCH3 is 2. The normalized spacial score (nSPS) is 18.5. The third kappa shape index (κ3) is 9.20. The molecule has 2 aliphatic heterocycles. The highest BCUT2D eigenvalue weighted by molar-refractivity contribution is 6.36. The number of nitrogens with zero attached hydrogens (tertiary/aromatic N) is 4. The molecule has 3 aliphatic rings. The molecular weight excluding hydrogens is 730 g/mol. The number of amides is 4. The van der Waals surface area contributed by atoms with Gasteiger partial charge >= 0.3 is 6.03 Å². The van der Waals surface area contributed by atoms with E-state index in [9.17, 15) is 14.4 Å². The van der Waals surface area contributed by atoms with Gasteiger partial charge in [-0.1, -0.05) is 75.7 Å². The number of rotatable bonds is 14. The van der Waals surface area contributed by atoms with Crippen molar-refractivity contribution in [3.63, 3.8) is 0 Å². The maximum absolute atomic E-state index is 13.4. The van der Waals surface area contributed by atoms with Crippen LogP contribution in [0.1, 0.15) is 82.0 Å². The van der Waals surface area contributed by atoms with E-state index in [1.54, 1.807) is 27.3 Å². The fourth-order valence-electron chi connectivity index (χ4n) is 7.80. The third-order valence-electron chi connectivity index (χ3n) is 11.1. The minimum absolute atomic E-state index is 0.0229. The largest absolute Gasteiger partial charge is 0.481 e. The second-order valence-corrected chi connectivity index (χ2v) is 14.7. The molecule has 0 spiro atoms. The Morgan fingerprint density at radius 3 is 2.55 bits per heavy atom. The lowest BCUT2D eigenvalue weighted by molar-refractivity contribution is -0.131. The van der Waals surface area contributed by atoms with Gasteiger partial charge in [-0.3, -0.25) is 19.5 Å². The zero-order valence-electron chi connectivity index (χ0n) is 34.1. The quantitative estimate of drug-likeness (QED) is 0.147. The zero-order valence-corrected chi connectivity index (χ0v) is 34.9. The van der Waals surface area contributed by atoms with Gasteiger partial charge in [0.15, 0.2) is 0 Å². The van der Waals surface area contributed by atoms with Gasteiger partial charge in [-0.2, -0.15) is 0 Å². The lowest BCUT2D eigenvalue weighted by Gasteiger charge is -2.34. The van der Waals surface area contributed by atoms with E-state index in [1.165, 1.54) is 10.6 Å². The predicted octanol–water partition coefficient (Wildman–Crippen LogP) is 7.20. The Bertz CT molecular complexity index is 1920. The second-order valence-electron chi connectivity index (χ2n) is 14.4. The van der Waals surface area contributed by atoms with Gasteiger partial charge in [0, 0.05) is 74.8 Å². The van der Waals surface area contributed by atoms with Crippen molar-refractivity contribution in [2.75, 3.05) is 66.4 Å². The summed E-state index contributed by atoms with van der Waals surface area (Å²) in [7, 11) is 7.05. The topological polar surface area (TPSA) is 128 Å². The monoisotopic (exact) mass is 787 g/mol. The van der Waals surface area contributed by atoms with Gasteiger partial charge in [-0.05, 0) is 73.9 Å². The standard InChI is InChI=1S/C41H52ClN7O5.C2H6/c1-7-25(2)35-28(10-9-13-32(35)45-38(50)31-16-19-43-48(4)40(31)51)29-11-8-12-30(37(29)42)33-24-26-14-15-34(36(26)39(46-33)54-6)47(3)20-17-27-18-21-49(22-23-53-5)41(52)44-27;1-2/h8-13,16,24-25,27,34,43H,7,14-15,17-23H2,1-6H3,(H,44,52)(H,45,50);1-2H3. The number of carbonyl (C=O) groups excluding carboxylic acids is 3. The first-order valence-electron chi connectivity index (χ1n) is 19.8. The van der Waals surface area contributed by atoms with Crippen molar-refractivity contribution < 1.29 is 23.9 Å². The van der Waals surface area contributed by atoms with Crippen LogP contribution >= 0.6 is 11.6 Å². The summed E-state index contributed by atoms with van der Waals surface area (Å²) < 4.78 is 11.1. The minimum Gasteiger partial charge on any atom is -0.481 e. The van der Waals surface area contributed by atoms with Gasteiger partial charge in [0.2, 0.25) is 5.88 Å². The Kier molecular flexibility index (Phi) is 14.9. The van der Waals surface area contributed by atoms with E-state index in [0.29, 0.717) is 36.3 Å². The molecule has 302 valence electrons. The van der Waals surface area contributed by atoms with Crippen molar-refractivity contribution in [3.8, 4) is 28.3 Å². The van der Waals surface area contributed by atoms with Crippen LogP contribution in [0.3, 0.4) is 0 Å². The van der Waals surface area contributed by atoms with E-state index in [2.05, 4.69) is 47.9 Å². The summed E-state index contributed by atoms with van der Waals surface area (Å²) >= 11 is 7.32. The molecule has 1 aliphatic carbocycles. The maximum atomic E-state index is 13.4. The fourth-order valence-corrected chi connectivity index (χ4v) is 8.12. The van der Waals surface area contributed by atoms with E-state index >= 15 is 0 Å². The van der Waals surface area contributed by atoms with Crippen molar-refractivity contribution in [3.05, 3.63) is 75.8 Å². The smallest absolute Gasteiger partial charge is 0.317 e. The van der Waals surface area contributed by atoms with E-state index in [0.717, 1.165) is 78.7 Å². The number of aryl methyl sites for hydroxylation is 1.